The Morgan fingerprint density at radius 2 is 2.16 bits per heavy atom. The van der Waals surface area contributed by atoms with Crippen LogP contribution in [0.25, 0.3) is 0 Å². The summed E-state index contributed by atoms with van der Waals surface area (Å²) in [7, 11) is 3.51. The molecule has 0 amide bonds. The van der Waals surface area contributed by atoms with Crippen LogP contribution in [0.3, 0.4) is 0 Å². The minimum atomic E-state index is -0.651. The predicted molar refractivity (Wildman–Crippen MR) is 71.2 cm³/mol. The van der Waals surface area contributed by atoms with E-state index in [1.165, 1.54) is 0 Å². The van der Waals surface area contributed by atoms with Crippen molar-refractivity contribution in [3.8, 4) is 5.88 Å². The highest BCUT2D eigenvalue weighted by molar-refractivity contribution is 5.30. The van der Waals surface area contributed by atoms with E-state index in [0.29, 0.717) is 39.1 Å². The molecule has 6 nitrogen and oxygen atoms in total. The van der Waals surface area contributed by atoms with Crippen LogP contribution in [0.5, 0.6) is 5.88 Å². The van der Waals surface area contributed by atoms with Gasteiger partial charge in [-0.2, -0.15) is 5.10 Å². The Morgan fingerprint density at radius 3 is 2.79 bits per heavy atom. The Balaban J connectivity index is 1.92. The fourth-order valence-corrected chi connectivity index (χ4v) is 2.49. The standard InChI is InChI=1S/C13H23N3O3/c1-10-11(12(18-3)16(2)15-10)8-14-9-13(17)4-6-19-7-5-13/h14,17H,4-9H2,1-3H3. The van der Waals surface area contributed by atoms with Crippen LogP contribution in [0.2, 0.25) is 0 Å². The van der Waals surface area contributed by atoms with E-state index in [4.69, 9.17) is 9.47 Å². The maximum absolute atomic E-state index is 10.4. The molecule has 2 N–H and O–H groups in total. The predicted octanol–water partition coefficient (Wildman–Crippen LogP) is 0.368. The molecule has 2 heterocycles. The van der Waals surface area contributed by atoms with E-state index in [1.807, 2.05) is 14.0 Å². The average molecular weight is 269 g/mol. The molecule has 1 fully saturated rings. The lowest BCUT2D eigenvalue weighted by atomic mass is 9.94. The van der Waals surface area contributed by atoms with Crippen LogP contribution in [0, 0.1) is 6.92 Å². The molecule has 0 unspecified atom stereocenters. The van der Waals surface area contributed by atoms with Crippen molar-refractivity contribution in [2.75, 3.05) is 26.9 Å². The lowest BCUT2D eigenvalue weighted by molar-refractivity contribution is -0.0617. The monoisotopic (exact) mass is 269 g/mol. The molecular formula is C13H23N3O3. The Labute approximate surface area is 113 Å². The Bertz CT molecular complexity index is 425. The third kappa shape index (κ3) is 3.26. The highest BCUT2D eigenvalue weighted by atomic mass is 16.5. The zero-order chi connectivity index (χ0) is 13.9. The summed E-state index contributed by atoms with van der Waals surface area (Å²) in [6, 6.07) is 0. The van der Waals surface area contributed by atoms with E-state index in [2.05, 4.69) is 10.4 Å². The molecule has 6 heteroatoms. The summed E-state index contributed by atoms with van der Waals surface area (Å²) >= 11 is 0. The van der Waals surface area contributed by atoms with Gasteiger partial charge < -0.3 is 19.9 Å². The minimum Gasteiger partial charge on any atom is -0.481 e. The van der Waals surface area contributed by atoms with Gasteiger partial charge >= 0.3 is 0 Å². The molecule has 0 radical (unpaired) electrons. The van der Waals surface area contributed by atoms with Gasteiger partial charge in [0, 0.05) is 46.2 Å². The zero-order valence-corrected chi connectivity index (χ0v) is 11.9. The molecule has 1 aromatic heterocycles. The molecule has 1 aliphatic heterocycles. The Kier molecular flexibility index (Phi) is 4.44. The molecule has 1 aromatic rings. The van der Waals surface area contributed by atoms with Gasteiger partial charge in [-0.25, -0.2) is 4.68 Å². The van der Waals surface area contributed by atoms with Gasteiger partial charge in [0.15, 0.2) is 0 Å². The molecular weight excluding hydrogens is 246 g/mol. The fraction of sp³-hybridized carbons (Fsp3) is 0.769. The van der Waals surface area contributed by atoms with Crippen LogP contribution in [-0.2, 0) is 18.3 Å². The number of methoxy groups -OCH3 is 1. The fourth-order valence-electron chi connectivity index (χ4n) is 2.49. The zero-order valence-electron chi connectivity index (χ0n) is 11.9. The second-order valence-corrected chi connectivity index (χ2v) is 5.14. The van der Waals surface area contributed by atoms with Crippen molar-refractivity contribution in [1.82, 2.24) is 15.1 Å². The molecule has 0 spiro atoms. The summed E-state index contributed by atoms with van der Waals surface area (Å²) in [5.41, 5.74) is 1.34. The van der Waals surface area contributed by atoms with Gasteiger partial charge in [-0.1, -0.05) is 0 Å². The molecule has 0 aromatic carbocycles. The molecule has 1 aliphatic rings. The summed E-state index contributed by atoms with van der Waals surface area (Å²) in [5, 5.41) is 18.0. The topological polar surface area (TPSA) is 68.5 Å². The number of aryl methyl sites for hydroxylation is 2. The van der Waals surface area contributed by atoms with E-state index < -0.39 is 5.60 Å². The first kappa shape index (κ1) is 14.3. The summed E-state index contributed by atoms with van der Waals surface area (Å²) < 4.78 is 12.3. The van der Waals surface area contributed by atoms with Gasteiger partial charge in [-0.05, 0) is 6.92 Å². The largest absolute Gasteiger partial charge is 0.481 e. The molecule has 0 saturated carbocycles. The smallest absolute Gasteiger partial charge is 0.216 e. The van der Waals surface area contributed by atoms with E-state index in [0.717, 1.165) is 17.1 Å². The van der Waals surface area contributed by atoms with Crippen molar-refractivity contribution < 1.29 is 14.6 Å². The molecule has 0 aliphatic carbocycles. The summed E-state index contributed by atoms with van der Waals surface area (Å²) in [6.07, 6.45) is 1.37. The lowest BCUT2D eigenvalue weighted by Crippen LogP contribution is -2.44. The number of aromatic nitrogens is 2. The number of hydrogen-bond acceptors (Lipinski definition) is 5. The van der Waals surface area contributed by atoms with E-state index in [9.17, 15) is 5.11 Å². The van der Waals surface area contributed by atoms with Crippen LogP contribution in [0.1, 0.15) is 24.1 Å². The van der Waals surface area contributed by atoms with Crippen molar-refractivity contribution in [2.45, 2.75) is 31.9 Å². The van der Waals surface area contributed by atoms with Crippen molar-refractivity contribution in [3.63, 3.8) is 0 Å². The molecule has 19 heavy (non-hydrogen) atoms. The second-order valence-electron chi connectivity index (χ2n) is 5.14. The maximum Gasteiger partial charge on any atom is 0.216 e. The van der Waals surface area contributed by atoms with Crippen LogP contribution in [0.15, 0.2) is 0 Å². The number of nitrogens with zero attached hydrogens (tertiary/aromatic N) is 2. The lowest BCUT2D eigenvalue weighted by Gasteiger charge is -2.32. The van der Waals surface area contributed by atoms with Gasteiger partial charge in [-0.15, -0.1) is 0 Å². The average Bonchev–Trinajstić information content (AvgIpc) is 2.64. The minimum absolute atomic E-state index is 0.563. The van der Waals surface area contributed by atoms with Crippen molar-refractivity contribution >= 4 is 0 Å². The Morgan fingerprint density at radius 1 is 1.47 bits per heavy atom. The van der Waals surface area contributed by atoms with Crippen molar-refractivity contribution in [3.05, 3.63) is 11.3 Å². The summed E-state index contributed by atoms with van der Waals surface area (Å²) in [5.74, 6) is 0.768. The quantitative estimate of drug-likeness (QED) is 0.808. The highest BCUT2D eigenvalue weighted by Gasteiger charge is 2.29. The summed E-state index contributed by atoms with van der Waals surface area (Å²) in [4.78, 5) is 0. The van der Waals surface area contributed by atoms with Gasteiger partial charge in [0.2, 0.25) is 5.88 Å². The van der Waals surface area contributed by atoms with Crippen molar-refractivity contribution in [2.24, 2.45) is 7.05 Å². The second kappa shape index (κ2) is 5.90. The molecule has 1 saturated heterocycles. The molecule has 2 rings (SSSR count). The first-order valence-corrected chi connectivity index (χ1v) is 6.63. The number of nitrogens with one attached hydrogen (secondary N) is 1. The van der Waals surface area contributed by atoms with E-state index in [-0.39, 0.29) is 0 Å². The summed E-state index contributed by atoms with van der Waals surface area (Å²) in [6.45, 7) is 4.43. The SMILES string of the molecule is COc1c(CNCC2(O)CCOCC2)c(C)nn1C. The number of ether oxygens (including phenoxy) is 2. The van der Waals surface area contributed by atoms with Crippen LogP contribution < -0.4 is 10.1 Å². The van der Waals surface area contributed by atoms with Gasteiger partial charge in [0.25, 0.3) is 0 Å². The van der Waals surface area contributed by atoms with Crippen LogP contribution in [-0.4, -0.2) is 47.4 Å². The van der Waals surface area contributed by atoms with Gasteiger partial charge in [-0.3, -0.25) is 0 Å². The third-order valence-corrected chi connectivity index (χ3v) is 3.66. The number of hydrogen-bond donors (Lipinski definition) is 2. The number of aliphatic hydroxyl groups is 1. The van der Waals surface area contributed by atoms with E-state index >= 15 is 0 Å². The Hall–Kier alpha value is -1.11. The molecule has 0 bridgehead atoms. The van der Waals surface area contributed by atoms with Crippen LogP contribution >= 0.6 is 0 Å². The van der Waals surface area contributed by atoms with Crippen LogP contribution in [0.4, 0.5) is 0 Å². The highest BCUT2D eigenvalue weighted by Crippen LogP contribution is 2.22. The van der Waals surface area contributed by atoms with Gasteiger partial charge in [0.1, 0.15) is 0 Å². The van der Waals surface area contributed by atoms with Gasteiger partial charge in [0.05, 0.1) is 24.0 Å². The molecule has 0 atom stereocenters. The molecule has 108 valence electrons. The van der Waals surface area contributed by atoms with Crippen molar-refractivity contribution in [1.29, 1.82) is 0 Å². The third-order valence-electron chi connectivity index (χ3n) is 3.66. The van der Waals surface area contributed by atoms with E-state index in [1.54, 1.807) is 11.8 Å². The first-order chi connectivity index (χ1) is 9.06. The maximum atomic E-state index is 10.4. The number of rotatable bonds is 5. The first-order valence-electron chi connectivity index (χ1n) is 6.63. The normalized spacial score (nSPS) is 18.5.